The number of carbonyl (C=O) groups is 2. The summed E-state index contributed by atoms with van der Waals surface area (Å²) in [4.78, 5) is 29.4. The summed E-state index contributed by atoms with van der Waals surface area (Å²) in [6, 6.07) is 11.3. The molecule has 178 valence electrons. The lowest BCUT2D eigenvalue weighted by Gasteiger charge is -2.44. The van der Waals surface area contributed by atoms with Crippen LogP contribution in [0.4, 0.5) is 4.39 Å². The van der Waals surface area contributed by atoms with Gasteiger partial charge in [0.1, 0.15) is 11.6 Å². The average molecular weight is 477 g/mol. The molecule has 1 aliphatic heterocycles. The van der Waals surface area contributed by atoms with Crippen molar-refractivity contribution in [2.75, 3.05) is 32.8 Å². The third-order valence-corrected chi connectivity index (χ3v) is 5.94. The summed E-state index contributed by atoms with van der Waals surface area (Å²) in [6.07, 6.45) is 0. The Labute approximate surface area is 198 Å². The number of nitrogens with zero attached hydrogens (tertiary/aromatic N) is 2. The second-order valence-electron chi connectivity index (χ2n) is 8.27. The van der Waals surface area contributed by atoms with Crippen LogP contribution in [0.25, 0.3) is 0 Å². The number of piperazine rings is 1. The van der Waals surface area contributed by atoms with Crippen molar-refractivity contribution in [3.8, 4) is 5.75 Å². The van der Waals surface area contributed by atoms with Gasteiger partial charge >= 0.3 is 0 Å². The molecular weight excluding hydrogens is 447 g/mol. The zero-order valence-corrected chi connectivity index (χ0v) is 19.6. The molecule has 3 N–H and O–H groups in total. The van der Waals surface area contributed by atoms with E-state index in [4.69, 9.17) is 22.1 Å². The third kappa shape index (κ3) is 6.66. The normalized spacial score (nSPS) is 18.8. The molecule has 0 saturated carbocycles. The minimum Gasteiger partial charge on any atom is -0.483 e. The molecule has 7 nitrogen and oxygen atoms in total. The highest BCUT2D eigenvalue weighted by atomic mass is 35.5. The largest absolute Gasteiger partial charge is 0.483 e. The quantitative estimate of drug-likeness (QED) is 0.611. The van der Waals surface area contributed by atoms with Crippen molar-refractivity contribution in [1.29, 1.82) is 0 Å². The average Bonchev–Trinajstić information content (AvgIpc) is 2.80. The van der Waals surface area contributed by atoms with Gasteiger partial charge < -0.3 is 20.7 Å². The van der Waals surface area contributed by atoms with E-state index >= 15 is 0 Å². The van der Waals surface area contributed by atoms with Crippen LogP contribution in [0.1, 0.15) is 29.8 Å². The van der Waals surface area contributed by atoms with E-state index in [1.807, 2.05) is 6.92 Å². The number of hydrogen-bond donors (Lipinski definition) is 2. The van der Waals surface area contributed by atoms with Crippen molar-refractivity contribution < 1.29 is 18.7 Å². The first-order valence-corrected chi connectivity index (χ1v) is 11.3. The molecule has 1 fully saturated rings. The van der Waals surface area contributed by atoms with Gasteiger partial charge in [0, 0.05) is 49.8 Å². The third-order valence-electron chi connectivity index (χ3n) is 5.70. The van der Waals surface area contributed by atoms with Crippen molar-refractivity contribution in [1.82, 2.24) is 15.1 Å². The highest BCUT2D eigenvalue weighted by Crippen LogP contribution is 2.24. The van der Waals surface area contributed by atoms with E-state index in [0.717, 1.165) is 5.56 Å². The number of nitrogens with two attached hydrogens (primary N) is 1. The smallest absolute Gasteiger partial charge is 0.260 e. The molecule has 0 aromatic heterocycles. The van der Waals surface area contributed by atoms with E-state index < -0.39 is 0 Å². The molecule has 0 spiro atoms. The standard InChI is InChI=1S/C24H30ClFN4O3/c1-16-13-30(17(2)12-29(16)14-18-3-6-20(26)7-4-18)23(31)15-33-22-8-5-19(25)11-21(22)24(32)28-10-9-27/h3-8,11,16-17H,9-10,12-15,27H2,1-2H3,(H,28,32)/t16-,17+/m0/s1. The van der Waals surface area contributed by atoms with Gasteiger partial charge in [-0.3, -0.25) is 14.5 Å². The number of amides is 2. The lowest BCUT2D eigenvalue weighted by molar-refractivity contribution is -0.139. The number of rotatable bonds is 8. The molecule has 1 heterocycles. The molecule has 1 aliphatic rings. The van der Waals surface area contributed by atoms with Crippen LogP contribution < -0.4 is 15.8 Å². The van der Waals surface area contributed by atoms with E-state index in [0.29, 0.717) is 37.7 Å². The summed E-state index contributed by atoms with van der Waals surface area (Å²) < 4.78 is 18.9. The van der Waals surface area contributed by atoms with E-state index in [9.17, 15) is 14.0 Å². The molecule has 2 amide bonds. The molecule has 0 aliphatic carbocycles. The summed E-state index contributed by atoms with van der Waals surface area (Å²) in [5.74, 6) is -0.477. The van der Waals surface area contributed by atoms with Crippen LogP contribution in [0.3, 0.4) is 0 Å². The number of ether oxygens (including phenoxy) is 1. The fraction of sp³-hybridized carbons (Fsp3) is 0.417. The second kappa shape index (κ2) is 11.4. The first-order chi connectivity index (χ1) is 15.8. The number of nitrogens with one attached hydrogen (secondary N) is 1. The maximum absolute atomic E-state index is 13.2. The second-order valence-corrected chi connectivity index (χ2v) is 8.71. The highest BCUT2D eigenvalue weighted by Gasteiger charge is 2.32. The van der Waals surface area contributed by atoms with Crippen molar-refractivity contribution in [2.24, 2.45) is 5.73 Å². The number of hydrogen-bond acceptors (Lipinski definition) is 5. The SMILES string of the molecule is C[C@@H]1CN(Cc2ccc(F)cc2)[C@@H](C)CN1C(=O)COc1ccc(Cl)cc1C(=O)NCCN. The predicted molar refractivity (Wildman–Crippen MR) is 126 cm³/mol. The molecular formula is C24H30ClFN4O3. The number of benzene rings is 2. The number of carbonyl (C=O) groups excluding carboxylic acids is 2. The molecule has 1 saturated heterocycles. The Kier molecular flexibility index (Phi) is 8.66. The van der Waals surface area contributed by atoms with Gasteiger partial charge in [-0.2, -0.15) is 0 Å². The first kappa shape index (κ1) is 25.0. The Bertz CT molecular complexity index is 973. The van der Waals surface area contributed by atoms with Crippen molar-refractivity contribution >= 4 is 23.4 Å². The Balaban J connectivity index is 1.60. The van der Waals surface area contributed by atoms with Gasteiger partial charge in [0.15, 0.2) is 6.61 Å². The van der Waals surface area contributed by atoms with Crippen LogP contribution in [0.15, 0.2) is 42.5 Å². The van der Waals surface area contributed by atoms with Gasteiger partial charge in [0.2, 0.25) is 0 Å². The molecule has 9 heteroatoms. The van der Waals surface area contributed by atoms with Crippen LogP contribution in [-0.4, -0.2) is 66.5 Å². The van der Waals surface area contributed by atoms with E-state index in [2.05, 4.69) is 17.1 Å². The van der Waals surface area contributed by atoms with E-state index in [-0.39, 0.29) is 47.6 Å². The minimum absolute atomic E-state index is 0.0183. The molecule has 2 atom stereocenters. The van der Waals surface area contributed by atoms with Crippen LogP contribution in [0.2, 0.25) is 5.02 Å². The van der Waals surface area contributed by atoms with Crippen LogP contribution >= 0.6 is 11.6 Å². The van der Waals surface area contributed by atoms with Gasteiger partial charge in [-0.05, 0) is 49.7 Å². The maximum atomic E-state index is 13.2. The Hall–Kier alpha value is -2.68. The fourth-order valence-electron chi connectivity index (χ4n) is 3.90. The maximum Gasteiger partial charge on any atom is 0.260 e. The molecule has 3 rings (SSSR count). The summed E-state index contributed by atoms with van der Waals surface area (Å²) in [5, 5.41) is 3.08. The molecule has 0 radical (unpaired) electrons. The summed E-state index contributed by atoms with van der Waals surface area (Å²) in [5.41, 5.74) is 6.73. The fourth-order valence-corrected chi connectivity index (χ4v) is 4.07. The molecule has 33 heavy (non-hydrogen) atoms. The Morgan fingerprint density at radius 2 is 1.88 bits per heavy atom. The van der Waals surface area contributed by atoms with Crippen molar-refractivity contribution in [2.45, 2.75) is 32.5 Å². The lowest BCUT2D eigenvalue weighted by atomic mass is 10.1. The zero-order valence-electron chi connectivity index (χ0n) is 18.9. The van der Waals surface area contributed by atoms with Crippen molar-refractivity contribution in [3.63, 3.8) is 0 Å². The monoisotopic (exact) mass is 476 g/mol. The molecule has 0 bridgehead atoms. The Morgan fingerprint density at radius 3 is 2.58 bits per heavy atom. The van der Waals surface area contributed by atoms with Gasteiger partial charge in [-0.1, -0.05) is 23.7 Å². The summed E-state index contributed by atoms with van der Waals surface area (Å²) in [6.45, 7) is 6.44. The number of halogens is 2. The minimum atomic E-state index is -0.359. The zero-order chi connectivity index (χ0) is 24.0. The topological polar surface area (TPSA) is 87.9 Å². The predicted octanol–water partition coefficient (Wildman–Crippen LogP) is 2.67. The first-order valence-electron chi connectivity index (χ1n) is 11.0. The van der Waals surface area contributed by atoms with Crippen molar-refractivity contribution in [3.05, 3.63) is 64.4 Å². The Morgan fingerprint density at radius 1 is 1.15 bits per heavy atom. The summed E-state index contributed by atoms with van der Waals surface area (Å²) >= 11 is 6.04. The highest BCUT2D eigenvalue weighted by molar-refractivity contribution is 6.31. The van der Waals surface area contributed by atoms with Crippen LogP contribution in [0.5, 0.6) is 5.75 Å². The van der Waals surface area contributed by atoms with E-state index in [1.54, 1.807) is 29.2 Å². The molecule has 2 aromatic carbocycles. The van der Waals surface area contributed by atoms with Gasteiger partial charge in [-0.15, -0.1) is 0 Å². The van der Waals surface area contributed by atoms with Crippen LogP contribution in [-0.2, 0) is 11.3 Å². The van der Waals surface area contributed by atoms with Gasteiger partial charge in [0.05, 0.1) is 5.56 Å². The van der Waals surface area contributed by atoms with Gasteiger partial charge in [0.25, 0.3) is 11.8 Å². The molecule has 0 unspecified atom stereocenters. The van der Waals surface area contributed by atoms with Gasteiger partial charge in [-0.25, -0.2) is 4.39 Å². The molecule has 2 aromatic rings. The lowest BCUT2D eigenvalue weighted by Crippen LogP contribution is -2.58. The van der Waals surface area contributed by atoms with E-state index in [1.165, 1.54) is 18.2 Å². The van der Waals surface area contributed by atoms with Crippen LogP contribution in [0, 0.1) is 5.82 Å². The summed E-state index contributed by atoms with van der Waals surface area (Å²) in [7, 11) is 0.